The summed E-state index contributed by atoms with van der Waals surface area (Å²) in [6, 6.07) is 5.28. The number of fused-ring (bicyclic) bond motifs is 1. The number of aromatic nitrogens is 1. The molecule has 0 aliphatic carbocycles. The van der Waals surface area contributed by atoms with Gasteiger partial charge >= 0.3 is 0 Å². The number of nitrogens with one attached hydrogen (secondary N) is 2. The fourth-order valence-corrected chi connectivity index (χ4v) is 4.84. The largest absolute Gasteiger partial charge is 0.360 e. The Morgan fingerprint density at radius 1 is 1.38 bits per heavy atom. The maximum Gasteiger partial charge on any atom is 0.0601 e. The molecule has 2 aromatic rings. The summed E-state index contributed by atoms with van der Waals surface area (Å²) in [5.74, 6) is 0.972. The average Bonchev–Trinajstić information content (AvgIpc) is 3.06. The van der Waals surface area contributed by atoms with Crippen LogP contribution in [-0.4, -0.2) is 35.1 Å². The molecule has 1 aliphatic rings. The van der Waals surface area contributed by atoms with Crippen molar-refractivity contribution in [2.45, 2.75) is 57.4 Å². The van der Waals surface area contributed by atoms with Gasteiger partial charge in [0, 0.05) is 33.4 Å². The van der Waals surface area contributed by atoms with E-state index in [1.54, 1.807) is 11.9 Å². The van der Waals surface area contributed by atoms with Crippen molar-refractivity contribution in [3.8, 4) is 0 Å². The number of hydrogen-bond donors (Lipinski definition) is 2. The minimum absolute atomic E-state index is 0.137. The fourth-order valence-electron chi connectivity index (χ4n) is 3.38. The molecule has 1 aliphatic heterocycles. The molecule has 24 heavy (non-hydrogen) atoms. The highest BCUT2D eigenvalue weighted by molar-refractivity contribution is 9.10. The summed E-state index contributed by atoms with van der Waals surface area (Å²) in [6.45, 7) is 7.82. The molecule has 0 amide bonds. The number of nitrogens with zero attached hydrogens (tertiary/aromatic N) is 1. The maximum absolute atomic E-state index is 3.75. The van der Waals surface area contributed by atoms with Crippen molar-refractivity contribution in [1.29, 1.82) is 0 Å². The minimum atomic E-state index is 0.137. The van der Waals surface area contributed by atoms with Crippen LogP contribution in [0.2, 0.25) is 0 Å². The molecule has 0 radical (unpaired) electrons. The van der Waals surface area contributed by atoms with Gasteiger partial charge in [0.15, 0.2) is 0 Å². The van der Waals surface area contributed by atoms with Gasteiger partial charge in [-0.1, -0.05) is 11.9 Å². The second kappa shape index (κ2) is 7.40. The Morgan fingerprint density at radius 2 is 2.17 bits per heavy atom. The molecule has 1 saturated heterocycles. The van der Waals surface area contributed by atoms with E-state index in [0.717, 1.165) is 16.6 Å². The highest BCUT2D eigenvalue weighted by Gasteiger charge is 2.22. The molecule has 1 unspecified atom stereocenters. The predicted molar refractivity (Wildman–Crippen MR) is 110 cm³/mol. The molecule has 3 rings (SSSR count). The zero-order valence-electron chi connectivity index (χ0n) is 15.1. The number of benzene rings is 1. The van der Waals surface area contributed by atoms with E-state index in [-0.39, 0.29) is 5.54 Å². The first-order chi connectivity index (χ1) is 11.3. The van der Waals surface area contributed by atoms with Crippen molar-refractivity contribution >= 4 is 38.8 Å². The summed E-state index contributed by atoms with van der Waals surface area (Å²) in [7, 11) is 2.25. The van der Waals surface area contributed by atoms with E-state index in [1.165, 1.54) is 41.4 Å². The lowest BCUT2D eigenvalue weighted by molar-refractivity contribution is 0.310. The molecule has 3 nitrogen and oxygen atoms in total. The highest BCUT2D eigenvalue weighted by Crippen LogP contribution is 2.31. The van der Waals surface area contributed by atoms with Crippen LogP contribution in [0.15, 0.2) is 22.8 Å². The lowest BCUT2D eigenvalue weighted by Gasteiger charge is -2.20. The van der Waals surface area contributed by atoms with Crippen LogP contribution in [-0.2, 0) is 12.2 Å². The van der Waals surface area contributed by atoms with E-state index in [0.29, 0.717) is 6.04 Å². The molecule has 5 heteroatoms. The van der Waals surface area contributed by atoms with Crippen molar-refractivity contribution in [3.63, 3.8) is 0 Å². The van der Waals surface area contributed by atoms with Gasteiger partial charge in [0.05, 0.1) is 5.52 Å². The number of aromatic amines is 1. The Labute approximate surface area is 158 Å². The molecule has 0 bridgehead atoms. The topological polar surface area (TPSA) is 31.1 Å². The number of H-pyrrole nitrogens is 1. The summed E-state index contributed by atoms with van der Waals surface area (Å²) in [5.41, 5.74) is 4.16. The van der Waals surface area contributed by atoms with Crippen LogP contribution < -0.4 is 4.72 Å². The molecular weight excluding hydrogens is 382 g/mol. The Balaban J connectivity index is 1.79. The molecule has 0 saturated carbocycles. The van der Waals surface area contributed by atoms with Gasteiger partial charge in [-0.2, -0.15) is 0 Å². The molecule has 2 heterocycles. The first kappa shape index (κ1) is 18.3. The van der Waals surface area contributed by atoms with E-state index in [2.05, 4.69) is 76.7 Å². The van der Waals surface area contributed by atoms with Gasteiger partial charge in [-0.25, -0.2) is 0 Å². The van der Waals surface area contributed by atoms with Crippen molar-refractivity contribution in [2.24, 2.45) is 0 Å². The molecule has 1 atom stereocenters. The third kappa shape index (κ3) is 4.37. The first-order valence-electron chi connectivity index (χ1n) is 8.71. The molecule has 0 spiro atoms. The number of likely N-dealkylation sites (N-methyl/N-ethyl adjacent to an activating group) is 1. The zero-order chi connectivity index (χ0) is 17.3. The van der Waals surface area contributed by atoms with Gasteiger partial charge in [0.25, 0.3) is 0 Å². The third-order valence-electron chi connectivity index (χ3n) is 4.63. The zero-order valence-corrected chi connectivity index (χ0v) is 17.5. The summed E-state index contributed by atoms with van der Waals surface area (Å²) in [4.78, 5) is 5.97. The van der Waals surface area contributed by atoms with Crippen LogP contribution in [0.1, 0.15) is 44.7 Å². The van der Waals surface area contributed by atoms with Gasteiger partial charge < -0.3 is 9.88 Å². The Hall–Kier alpha value is -0.490. The minimum Gasteiger partial charge on any atom is -0.360 e. The van der Waals surface area contributed by atoms with Gasteiger partial charge in [0.1, 0.15) is 0 Å². The second-order valence-electron chi connectivity index (χ2n) is 7.94. The van der Waals surface area contributed by atoms with Gasteiger partial charge in [-0.05, 0) is 92.8 Å². The summed E-state index contributed by atoms with van der Waals surface area (Å²) >= 11 is 5.53. The van der Waals surface area contributed by atoms with Crippen molar-refractivity contribution < 1.29 is 0 Å². The quantitative estimate of drug-likeness (QED) is 0.673. The normalized spacial score (nSPS) is 19.5. The molecule has 1 aromatic carbocycles. The van der Waals surface area contributed by atoms with Crippen LogP contribution in [0.25, 0.3) is 10.9 Å². The number of likely N-dealkylation sites (tertiary alicyclic amines) is 1. The molecule has 1 fully saturated rings. The van der Waals surface area contributed by atoms with Crippen LogP contribution in [0, 0.1) is 0 Å². The third-order valence-corrected chi connectivity index (χ3v) is 6.49. The summed E-state index contributed by atoms with van der Waals surface area (Å²) in [6.07, 6.45) is 5.98. The molecule has 132 valence electrons. The number of hydrogen-bond acceptors (Lipinski definition) is 3. The average molecular weight is 410 g/mol. The Morgan fingerprint density at radius 3 is 2.83 bits per heavy atom. The first-order valence-corrected chi connectivity index (χ1v) is 10.5. The standard InChI is InChI=1S/C19H28BrN3S/c1-19(2,3)22-24-12-13-8-16-14(10-15-6-5-7-23(15)4)11-21-18(16)17(20)9-13/h8-9,11,15,21-22H,5-7,10,12H2,1-4H3. The monoisotopic (exact) mass is 409 g/mol. The van der Waals surface area contributed by atoms with E-state index < -0.39 is 0 Å². The molecule has 2 N–H and O–H groups in total. The van der Waals surface area contributed by atoms with Crippen LogP contribution in [0.4, 0.5) is 0 Å². The lowest BCUT2D eigenvalue weighted by Crippen LogP contribution is -2.29. The number of rotatable bonds is 5. The van der Waals surface area contributed by atoms with E-state index in [9.17, 15) is 0 Å². The van der Waals surface area contributed by atoms with Gasteiger partial charge in [-0.15, -0.1) is 0 Å². The highest BCUT2D eigenvalue weighted by atomic mass is 79.9. The second-order valence-corrected chi connectivity index (χ2v) is 9.57. The summed E-state index contributed by atoms with van der Waals surface area (Å²) < 4.78 is 4.66. The van der Waals surface area contributed by atoms with Crippen molar-refractivity contribution in [2.75, 3.05) is 13.6 Å². The maximum atomic E-state index is 3.75. The van der Waals surface area contributed by atoms with Crippen molar-refractivity contribution in [1.82, 2.24) is 14.6 Å². The van der Waals surface area contributed by atoms with Crippen molar-refractivity contribution in [3.05, 3.63) is 33.9 Å². The molecule has 1 aromatic heterocycles. The molecular formula is C19H28BrN3S. The van der Waals surface area contributed by atoms with Crippen LogP contribution >= 0.6 is 27.9 Å². The van der Waals surface area contributed by atoms with Crippen LogP contribution in [0.5, 0.6) is 0 Å². The van der Waals surface area contributed by atoms with Crippen LogP contribution in [0.3, 0.4) is 0 Å². The van der Waals surface area contributed by atoms with E-state index >= 15 is 0 Å². The fraction of sp³-hybridized carbons (Fsp3) is 0.579. The lowest BCUT2D eigenvalue weighted by atomic mass is 10.0. The summed E-state index contributed by atoms with van der Waals surface area (Å²) in [5, 5.41) is 1.37. The Kier molecular flexibility index (Phi) is 5.65. The Bertz CT molecular complexity index is 704. The van der Waals surface area contributed by atoms with Gasteiger partial charge in [-0.3, -0.25) is 4.72 Å². The number of halogens is 1. The SMILES string of the molecule is CN1CCCC1Cc1c[nH]c2c(Br)cc(CSNC(C)(C)C)cc12. The smallest absolute Gasteiger partial charge is 0.0601 e. The predicted octanol–water partition coefficient (Wildman–Crippen LogP) is 5.10. The van der Waals surface area contributed by atoms with Gasteiger partial charge in [0.2, 0.25) is 0 Å². The van der Waals surface area contributed by atoms with E-state index in [1.807, 2.05) is 0 Å². The van der Waals surface area contributed by atoms with E-state index in [4.69, 9.17) is 0 Å².